The zero-order valence-corrected chi connectivity index (χ0v) is 6.69. The Morgan fingerprint density at radius 2 is 2.42 bits per heavy atom. The van der Waals surface area contributed by atoms with Crippen LogP contribution in [0.1, 0.15) is 10.4 Å². The van der Waals surface area contributed by atoms with Crippen LogP contribution >= 0.6 is 0 Å². The Labute approximate surface area is 69.6 Å². The number of carbonyl (C=O) groups excluding carboxylic acids is 1. The second-order valence-electron chi connectivity index (χ2n) is 2.71. The summed E-state index contributed by atoms with van der Waals surface area (Å²) in [5.41, 5.74) is 1.73. The Morgan fingerprint density at radius 3 is 3.17 bits per heavy atom. The zero-order chi connectivity index (χ0) is 8.55. The zero-order valence-electron chi connectivity index (χ0n) is 6.69. The minimum absolute atomic E-state index is 0.695. The molecule has 0 aliphatic carbocycles. The van der Waals surface area contributed by atoms with Crippen molar-refractivity contribution in [3.05, 3.63) is 30.2 Å². The van der Waals surface area contributed by atoms with Crippen molar-refractivity contribution in [3.8, 4) is 0 Å². The highest BCUT2D eigenvalue weighted by Crippen LogP contribution is 2.16. The molecule has 0 aliphatic rings. The summed E-state index contributed by atoms with van der Waals surface area (Å²) in [6.07, 6.45) is 6.08. The van der Waals surface area contributed by atoms with E-state index in [0.29, 0.717) is 5.56 Å². The molecule has 2 aromatic heterocycles. The van der Waals surface area contributed by atoms with Crippen LogP contribution in [0.15, 0.2) is 24.7 Å². The van der Waals surface area contributed by atoms with Crippen molar-refractivity contribution in [3.63, 3.8) is 0 Å². The van der Waals surface area contributed by atoms with Crippen molar-refractivity contribution in [1.82, 2.24) is 9.55 Å². The van der Waals surface area contributed by atoms with Gasteiger partial charge in [-0.25, -0.2) is 0 Å². The first-order valence-corrected chi connectivity index (χ1v) is 3.67. The van der Waals surface area contributed by atoms with Crippen molar-refractivity contribution in [2.45, 2.75) is 0 Å². The monoisotopic (exact) mass is 160 g/mol. The van der Waals surface area contributed by atoms with Crippen molar-refractivity contribution >= 4 is 17.2 Å². The molecule has 0 aliphatic heterocycles. The molecule has 0 N–H and O–H groups in total. The molecule has 0 bridgehead atoms. The normalized spacial score (nSPS) is 10.4. The van der Waals surface area contributed by atoms with Gasteiger partial charge in [-0.2, -0.15) is 0 Å². The van der Waals surface area contributed by atoms with Crippen LogP contribution in [-0.4, -0.2) is 15.8 Å². The number of carbonyl (C=O) groups is 1. The number of nitrogens with zero attached hydrogens (tertiary/aromatic N) is 2. The number of hydrogen-bond acceptors (Lipinski definition) is 2. The van der Waals surface area contributed by atoms with Gasteiger partial charge in [0.05, 0.1) is 5.52 Å². The lowest BCUT2D eigenvalue weighted by molar-refractivity contribution is 0.112. The maximum absolute atomic E-state index is 10.6. The number of hydrogen-bond donors (Lipinski definition) is 0. The molecule has 0 radical (unpaired) electrons. The number of fused-ring (bicyclic) bond motifs is 1. The van der Waals surface area contributed by atoms with Gasteiger partial charge in [-0.3, -0.25) is 9.78 Å². The molecule has 0 amide bonds. The van der Waals surface area contributed by atoms with Crippen molar-refractivity contribution in [1.29, 1.82) is 0 Å². The van der Waals surface area contributed by atoms with Crippen LogP contribution in [0.2, 0.25) is 0 Å². The van der Waals surface area contributed by atoms with E-state index in [1.54, 1.807) is 18.6 Å². The topological polar surface area (TPSA) is 34.9 Å². The van der Waals surface area contributed by atoms with E-state index in [1.165, 1.54) is 0 Å². The average molecular weight is 160 g/mol. The van der Waals surface area contributed by atoms with E-state index in [9.17, 15) is 4.79 Å². The van der Waals surface area contributed by atoms with Crippen LogP contribution in [0.25, 0.3) is 10.9 Å². The van der Waals surface area contributed by atoms with Crippen molar-refractivity contribution in [2.24, 2.45) is 7.05 Å². The summed E-state index contributed by atoms with van der Waals surface area (Å²) in [5, 5.41) is 0.912. The highest BCUT2D eigenvalue weighted by Gasteiger charge is 2.03. The second-order valence-corrected chi connectivity index (χ2v) is 2.71. The molecule has 12 heavy (non-hydrogen) atoms. The smallest absolute Gasteiger partial charge is 0.152 e. The largest absolute Gasteiger partial charge is 0.350 e. The summed E-state index contributed by atoms with van der Waals surface area (Å²) >= 11 is 0. The van der Waals surface area contributed by atoms with Gasteiger partial charge >= 0.3 is 0 Å². The molecule has 0 fully saturated rings. The van der Waals surface area contributed by atoms with E-state index in [0.717, 1.165) is 17.2 Å². The third-order valence-electron chi connectivity index (χ3n) is 1.95. The molecule has 2 heterocycles. The Balaban J connectivity index is 2.91. The summed E-state index contributed by atoms with van der Waals surface area (Å²) in [4.78, 5) is 14.6. The molecule has 0 saturated carbocycles. The summed E-state index contributed by atoms with van der Waals surface area (Å²) in [6, 6.07) is 1.89. The van der Waals surface area contributed by atoms with Crippen molar-refractivity contribution in [2.75, 3.05) is 0 Å². The molecule has 0 spiro atoms. The van der Waals surface area contributed by atoms with E-state index in [4.69, 9.17) is 0 Å². The predicted octanol–water partition coefficient (Wildman–Crippen LogP) is 1.39. The van der Waals surface area contributed by atoms with Gasteiger partial charge in [-0.15, -0.1) is 0 Å². The number of aryl methyl sites for hydroxylation is 1. The van der Waals surface area contributed by atoms with Gasteiger partial charge in [-0.05, 0) is 6.07 Å². The molecule has 3 nitrogen and oxygen atoms in total. The molecule has 60 valence electrons. The molecule has 2 rings (SSSR count). The quantitative estimate of drug-likeness (QED) is 0.591. The fourth-order valence-electron chi connectivity index (χ4n) is 1.36. The molecular weight excluding hydrogens is 152 g/mol. The maximum atomic E-state index is 10.6. The summed E-state index contributed by atoms with van der Waals surface area (Å²) in [6.45, 7) is 0. The Morgan fingerprint density at radius 1 is 1.58 bits per heavy atom. The number of aromatic nitrogens is 2. The van der Waals surface area contributed by atoms with E-state index in [2.05, 4.69) is 4.98 Å². The highest BCUT2D eigenvalue weighted by molar-refractivity contribution is 5.96. The lowest BCUT2D eigenvalue weighted by Gasteiger charge is -1.91. The Bertz CT molecular complexity index is 431. The Kier molecular flexibility index (Phi) is 1.43. The second kappa shape index (κ2) is 2.44. The molecule has 0 unspecified atom stereocenters. The van der Waals surface area contributed by atoms with E-state index >= 15 is 0 Å². The Hall–Kier alpha value is -1.64. The van der Waals surface area contributed by atoms with Crippen LogP contribution < -0.4 is 0 Å². The van der Waals surface area contributed by atoms with Crippen molar-refractivity contribution < 1.29 is 4.79 Å². The van der Waals surface area contributed by atoms with Crippen LogP contribution in [0.5, 0.6) is 0 Å². The fourth-order valence-corrected chi connectivity index (χ4v) is 1.36. The van der Waals surface area contributed by atoms with Gasteiger partial charge in [0, 0.05) is 36.6 Å². The lowest BCUT2D eigenvalue weighted by atomic mass is 10.2. The van der Waals surface area contributed by atoms with Gasteiger partial charge in [0.1, 0.15) is 0 Å². The standard InChI is InChI=1S/C9H8N2O/c1-11-5-7(6-12)8-4-10-3-2-9(8)11/h2-6H,1H3. The minimum Gasteiger partial charge on any atom is -0.350 e. The molecule has 0 aromatic carbocycles. The first-order valence-electron chi connectivity index (χ1n) is 3.67. The van der Waals surface area contributed by atoms with Crippen LogP contribution in [0.4, 0.5) is 0 Å². The molecule has 3 heteroatoms. The molecule has 2 aromatic rings. The summed E-state index contributed by atoms with van der Waals surface area (Å²) < 4.78 is 1.92. The lowest BCUT2D eigenvalue weighted by Crippen LogP contribution is -1.82. The van der Waals surface area contributed by atoms with E-state index < -0.39 is 0 Å². The van der Waals surface area contributed by atoms with Gasteiger partial charge in [-0.1, -0.05) is 0 Å². The molecular formula is C9H8N2O. The number of aldehydes is 1. The third kappa shape index (κ3) is 0.830. The summed E-state index contributed by atoms with van der Waals surface area (Å²) in [5.74, 6) is 0. The third-order valence-corrected chi connectivity index (χ3v) is 1.95. The molecule has 0 saturated heterocycles. The maximum Gasteiger partial charge on any atom is 0.152 e. The minimum atomic E-state index is 0.695. The first-order chi connectivity index (χ1) is 5.83. The number of pyridine rings is 1. The fraction of sp³-hybridized carbons (Fsp3) is 0.111. The van der Waals surface area contributed by atoms with Gasteiger partial charge in [0.25, 0.3) is 0 Å². The van der Waals surface area contributed by atoms with E-state index in [1.807, 2.05) is 17.7 Å². The van der Waals surface area contributed by atoms with Crippen LogP contribution in [0, 0.1) is 0 Å². The van der Waals surface area contributed by atoms with E-state index in [-0.39, 0.29) is 0 Å². The average Bonchev–Trinajstić information content (AvgIpc) is 2.44. The first kappa shape index (κ1) is 7.03. The van der Waals surface area contributed by atoms with Crippen LogP contribution in [0.3, 0.4) is 0 Å². The SMILES string of the molecule is Cn1cc(C=O)c2cnccc21. The van der Waals surface area contributed by atoms with Gasteiger partial charge < -0.3 is 4.57 Å². The highest BCUT2D eigenvalue weighted by atomic mass is 16.1. The predicted molar refractivity (Wildman–Crippen MR) is 46.1 cm³/mol. The van der Waals surface area contributed by atoms with Crippen LogP contribution in [-0.2, 0) is 7.05 Å². The summed E-state index contributed by atoms with van der Waals surface area (Å²) in [7, 11) is 1.91. The van der Waals surface area contributed by atoms with Gasteiger partial charge in [0.15, 0.2) is 6.29 Å². The molecule has 0 atom stereocenters. The van der Waals surface area contributed by atoms with Gasteiger partial charge in [0.2, 0.25) is 0 Å². The number of rotatable bonds is 1.